The fourth-order valence-corrected chi connectivity index (χ4v) is 3.46. The first-order chi connectivity index (χ1) is 4.41. The van der Waals surface area contributed by atoms with Gasteiger partial charge in [0.15, 0.2) is 0 Å². The Kier molecular flexibility index (Phi) is 8.95. The Bertz CT molecular complexity index is 47.1. The maximum atomic E-state index is 8.25. The molecule has 0 aliphatic heterocycles. The van der Waals surface area contributed by atoms with Crippen LogP contribution >= 0.6 is 0 Å². The molecule has 0 spiro atoms. The van der Waals surface area contributed by atoms with Gasteiger partial charge >= 0.3 is 0 Å². The average Bonchev–Trinajstić information content (AvgIpc) is 1.89. The molecule has 0 unspecified atom stereocenters. The van der Waals surface area contributed by atoms with Crippen molar-refractivity contribution in [2.24, 2.45) is 0 Å². The van der Waals surface area contributed by atoms with Gasteiger partial charge in [-0.1, -0.05) is 0 Å². The fourth-order valence-electron chi connectivity index (χ4n) is 0.300. The van der Waals surface area contributed by atoms with Crippen LogP contribution in [0.4, 0.5) is 0 Å². The van der Waals surface area contributed by atoms with E-state index < -0.39 is 20.0 Å². The van der Waals surface area contributed by atoms with Gasteiger partial charge < -0.3 is 17.8 Å². The summed E-state index contributed by atoms with van der Waals surface area (Å²) >= 11 is 0. The van der Waals surface area contributed by atoms with E-state index in [0.717, 1.165) is 10.5 Å². The SMILES string of the molecule is OCCO[SiH2]O[SiH2]O[SiH3]. The molecule has 0 heterocycles. The molecule has 0 rings (SSSR count). The summed E-state index contributed by atoms with van der Waals surface area (Å²) in [6.45, 7) is 0.488. The van der Waals surface area contributed by atoms with E-state index in [9.17, 15) is 0 Å². The van der Waals surface area contributed by atoms with Gasteiger partial charge in [-0.05, 0) is 0 Å². The molecular formula is C2H12O4Si3. The molecule has 0 atom stereocenters. The summed E-state index contributed by atoms with van der Waals surface area (Å²) in [6, 6.07) is 0. The highest BCUT2D eigenvalue weighted by atomic mass is 28.4. The van der Waals surface area contributed by atoms with Crippen LogP contribution in [0.5, 0.6) is 0 Å². The zero-order chi connectivity index (χ0) is 6.95. The minimum Gasteiger partial charge on any atom is -0.449 e. The Labute approximate surface area is 62.2 Å². The van der Waals surface area contributed by atoms with Crippen LogP contribution in [0.25, 0.3) is 0 Å². The predicted octanol–water partition coefficient (Wildman–Crippen LogP) is -3.69. The van der Waals surface area contributed by atoms with Gasteiger partial charge in [0.25, 0.3) is 20.0 Å². The number of aliphatic hydroxyl groups is 1. The van der Waals surface area contributed by atoms with Crippen molar-refractivity contribution in [2.45, 2.75) is 0 Å². The zero-order valence-electron chi connectivity index (χ0n) is 5.50. The van der Waals surface area contributed by atoms with Gasteiger partial charge in [-0.15, -0.1) is 0 Å². The lowest BCUT2D eigenvalue weighted by molar-refractivity contribution is 0.191. The summed E-state index contributed by atoms with van der Waals surface area (Å²) in [5.41, 5.74) is 0. The monoisotopic (exact) mass is 184 g/mol. The second-order valence-electron chi connectivity index (χ2n) is 1.36. The molecule has 4 nitrogen and oxygen atoms in total. The van der Waals surface area contributed by atoms with Gasteiger partial charge in [0.1, 0.15) is 10.5 Å². The normalized spacial score (nSPS) is 13.0. The van der Waals surface area contributed by atoms with E-state index in [4.69, 9.17) is 17.8 Å². The summed E-state index contributed by atoms with van der Waals surface area (Å²) in [6.07, 6.45) is 0. The second kappa shape index (κ2) is 8.49. The van der Waals surface area contributed by atoms with Crippen LogP contribution in [0.1, 0.15) is 0 Å². The molecule has 0 radical (unpaired) electrons. The van der Waals surface area contributed by atoms with Gasteiger partial charge in [0.05, 0.1) is 13.2 Å². The number of hydrogen-bond donors (Lipinski definition) is 1. The summed E-state index contributed by atoms with van der Waals surface area (Å²) < 4.78 is 14.8. The molecule has 0 fully saturated rings. The topological polar surface area (TPSA) is 47.9 Å². The molecule has 0 saturated heterocycles. The van der Waals surface area contributed by atoms with Crippen LogP contribution in [-0.4, -0.2) is 48.8 Å². The fraction of sp³-hybridized carbons (Fsp3) is 1.00. The van der Waals surface area contributed by atoms with Gasteiger partial charge in [-0.3, -0.25) is 0 Å². The van der Waals surface area contributed by atoms with Crippen LogP contribution in [0, 0.1) is 0 Å². The number of rotatable bonds is 6. The Balaban J connectivity index is 2.60. The van der Waals surface area contributed by atoms with Crippen LogP contribution in [0.15, 0.2) is 0 Å². The molecule has 0 aliphatic rings. The third-order valence-electron chi connectivity index (χ3n) is 0.603. The molecule has 0 bridgehead atoms. The molecule has 0 aliphatic carbocycles. The van der Waals surface area contributed by atoms with Gasteiger partial charge in [-0.25, -0.2) is 0 Å². The van der Waals surface area contributed by atoms with Crippen LogP contribution in [0.2, 0.25) is 0 Å². The molecule has 0 aromatic rings. The highest BCUT2D eigenvalue weighted by Gasteiger charge is 1.86. The number of aliphatic hydroxyl groups excluding tert-OH is 1. The van der Waals surface area contributed by atoms with Crippen molar-refractivity contribution in [1.82, 2.24) is 0 Å². The van der Waals surface area contributed by atoms with Crippen molar-refractivity contribution in [3.8, 4) is 0 Å². The van der Waals surface area contributed by atoms with Crippen LogP contribution in [-0.2, 0) is 12.7 Å². The number of hydrogen-bond acceptors (Lipinski definition) is 4. The van der Waals surface area contributed by atoms with Crippen molar-refractivity contribution in [3.63, 3.8) is 0 Å². The lowest BCUT2D eigenvalue weighted by Crippen LogP contribution is -2.12. The molecule has 0 aromatic heterocycles. The Morgan fingerprint density at radius 3 is 2.78 bits per heavy atom. The molecule has 0 amide bonds. The third-order valence-corrected chi connectivity index (χ3v) is 3.33. The van der Waals surface area contributed by atoms with Crippen molar-refractivity contribution in [3.05, 3.63) is 0 Å². The highest BCUT2D eigenvalue weighted by molar-refractivity contribution is 6.37. The van der Waals surface area contributed by atoms with Crippen molar-refractivity contribution in [2.75, 3.05) is 13.2 Å². The molecule has 56 valence electrons. The van der Waals surface area contributed by atoms with E-state index in [1.165, 1.54) is 0 Å². The van der Waals surface area contributed by atoms with E-state index in [-0.39, 0.29) is 6.61 Å². The quantitative estimate of drug-likeness (QED) is 0.341. The summed E-state index contributed by atoms with van der Waals surface area (Å²) in [4.78, 5) is 0. The van der Waals surface area contributed by atoms with E-state index in [2.05, 4.69) is 0 Å². The Morgan fingerprint density at radius 1 is 1.44 bits per heavy atom. The van der Waals surface area contributed by atoms with Gasteiger partial charge in [0.2, 0.25) is 0 Å². The predicted molar refractivity (Wildman–Crippen MR) is 42.2 cm³/mol. The lowest BCUT2D eigenvalue weighted by atomic mass is 10.8. The first-order valence-corrected chi connectivity index (χ1v) is 5.79. The minimum absolute atomic E-state index is 0.0830. The first kappa shape index (κ1) is 9.49. The Hall–Kier alpha value is 0.491. The van der Waals surface area contributed by atoms with E-state index in [1.807, 2.05) is 0 Å². The van der Waals surface area contributed by atoms with E-state index in [0.29, 0.717) is 6.61 Å². The minimum atomic E-state index is -0.812. The molecule has 0 aromatic carbocycles. The van der Waals surface area contributed by atoms with Gasteiger partial charge in [0, 0.05) is 0 Å². The maximum absolute atomic E-state index is 8.25. The first-order valence-electron chi connectivity index (χ1n) is 2.67. The van der Waals surface area contributed by atoms with Crippen LogP contribution in [0.3, 0.4) is 0 Å². The maximum Gasteiger partial charge on any atom is 0.295 e. The summed E-state index contributed by atoms with van der Waals surface area (Å²) in [5, 5.41) is 8.25. The summed E-state index contributed by atoms with van der Waals surface area (Å²) in [7, 11) is -0.739. The largest absolute Gasteiger partial charge is 0.449 e. The summed E-state index contributed by atoms with van der Waals surface area (Å²) in [5.74, 6) is 0. The van der Waals surface area contributed by atoms with Gasteiger partial charge in [-0.2, -0.15) is 0 Å². The second-order valence-corrected chi connectivity index (χ2v) is 6.18. The van der Waals surface area contributed by atoms with E-state index in [1.54, 1.807) is 0 Å². The molecule has 0 saturated carbocycles. The van der Waals surface area contributed by atoms with Crippen LogP contribution < -0.4 is 0 Å². The standard InChI is InChI=1S/C2H12O4Si3/c3-1-2-4-8-6-9-5-7/h3H,1-2,8-9H2,7H3. The third kappa shape index (κ3) is 8.49. The average molecular weight is 184 g/mol. The van der Waals surface area contributed by atoms with Crippen molar-refractivity contribution in [1.29, 1.82) is 0 Å². The molecular weight excluding hydrogens is 172 g/mol. The van der Waals surface area contributed by atoms with E-state index >= 15 is 0 Å². The zero-order valence-corrected chi connectivity index (χ0v) is 10.3. The van der Waals surface area contributed by atoms with Crippen molar-refractivity contribution >= 4 is 30.5 Å². The molecule has 7 heteroatoms. The Morgan fingerprint density at radius 2 is 2.22 bits per heavy atom. The smallest absolute Gasteiger partial charge is 0.295 e. The highest BCUT2D eigenvalue weighted by Crippen LogP contribution is 1.70. The molecule has 9 heavy (non-hydrogen) atoms. The van der Waals surface area contributed by atoms with Crippen molar-refractivity contribution < 1.29 is 17.8 Å². The lowest BCUT2D eigenvalue weighted by Gasteiger charge is -2.01. The molecule has 1 N–H and O–H groups in total.